The van der Waals surface area contributed by atoms with Gasteiger partial charge < -0.3 is 15.4 Å². The molecule has 0 aliphatic carbocycles. The van der Waals surface area contributed by atoms with Gasteiger partial charge in [-0.2, -0.15) is 0 Å². The molecule has 0 radical (unpaired) electrons. The van der Waals surface area contributed by atoms with Crippen LogP contribution in [0.4, 0.5) is 5.69 Å². The summed E-state index contributed by atoms with van der Waals surface area (Å²) < 4.78 is 5.41. The number of benzene rings is 2. The van der Waals surface area contributed by atoms with Crippen LogP contribution in [0, 0.1) is 0 Å². The van der Waals surface area contributed by atoms with E-state index in [4.69, 9.17) is 28.6 Å². The second-order valence-corrected chi connectivity index (χ2v) is 5.24. The molecule has 5 heteroatoms. The number of nitrogens with one attached hydrogen (secondary N) is 2. The molecule has 21 heavy (non-hydrogen) atoms. The summed E-state index contributed by atoms with van der Waals surface area (Å²) in [5.41, 5.74) is 2.00. The van der Waals surface area contributed by atoms with Crippen LogP contribution in [0.2, 0.25) is 5.02 Å². The van der Waals surface area contributed by atoms with Crippen LogP contribution < -0.4 is 15.4 Å². The Morgan fingerprint density at radius 2 is 1.95 bits per heavy atom. The fourth-order valence-electron chi connectivity index (χ4n) is 1.79. The third-order valence-corrected chi connectivity index (χ3v) is 3.25. The Morgan fingerprint density at radius 1 is 1.19 bits per heavy atom. The predicted molar refractivity (Wildman–Crippen MR) is 92.1 cm³/mol. The minimum Gasteiger partial charge on any atom is -0.494 e. The first-order valence-electron chi connectivity index (χ1n) is 6.69. The normalized spacial score (nSPS) is 10.0. The average Bonchev–Trinajstić information content (AvgIpc) is 2.47. The van der Waals surface area contributed by atoms with Crippen molar-refractivity contribution in [3.8, 4) is 5.75 Å². The third-order valence-electron chi connectivity index (χ3n) is 2.77. The molecule has 0 atom stereocenters. The molecular weight excluding hydrogens is 304 g/mol. The zero-order valence-corrected chi connectivity index (χ0v) is 13.3. The molecule has 110 valence electrons. The van der Waals surface area contributed by atoms with E-state index >= 15 is 0 Å². The van der Waals surface area contributed by atoms with Gasteiger partial charge in [-0.3, -0.25) is 0 Å². The second-order valence-electron chi connectivity index (χ2n) is 4.39. The number of hydrogen-bond acceptors (Lipinski definition) is 2. The summed E-state index contributed by atoms with van der Waals surface area (Å²) in [5, 5.41) is 7.49. The van der Waals surface area contributed by atoms with Crippen molar-refractivity contribution in [3.05, 3.63) is 59.1 Å². The molecule has 0 saturated carbocycles. The van der Waals surface area contributed by atoms with Crippen LogP contribution >= 0.6 is 23.8 Å². The standard InChI is InChI=1S/C16H17ClN2OS/c1-2-20-15-8-6-12(7-9-15)11-18-16(21)19-14-5-3-4-13(17)10-14/h3-10H,2,11H2,1H3,(H2,18,19,21). The summed E-state index contributed by atoms with van der Waals surface area (Å²) in [7, 11) is 0. The number of hydrogen-bond donors (Lipinski definition) is 2. The highest BCUT2D eigenvalue weighted by atomic mass is 35.5. The Balaban J connectivity index is 1.83. The molecule has 2 rings (SSSR count). The van der Waals surface area contributed by atoms with Crippen molar-refractivity contribution in [2.75, 3.05) is 11.9 Å². The van der Waals surface area contributed by atoms with Crippen molar-refractivity contribution in [2.45, 2.75) is 13.5 Å². The minimum absolute atomic E-state index is 0.561. The molecule has 0 unspecified atom stereocenters. The highest BCUT2D eigenvalue weighted by molar-refractivity contribution is 7.80. The summed E-state index contributed by atoms with van der Waals surface area (Å²) >= 11 is 11.2. The molecule has 0 aromatic heterocycles. The van der Waals surface area contributed by atoms with Crippen molar-refractivity contribution in [2.24, 2.45) is 0 Å². The van der Waals surface area contributed by atoms with Gasteiger partial charge in [0.1, 0.15) is 5.75 Å². The third kappa shape index (κ3) is 5.25. The zero-order chi connectivity index (χ0) is 15.1. The average molecular weight is 321 g/mol. The van der Waals surface area contributed by atoms with Crippen LogP contribution in [0.5, 0.6) is 5.75 Å². The van der Waals surface area contributed by atoms with Gasteiger partial charge in [0.25, 0.3) is 0 Å². The Hall–Kier alpha value is -1.78. The lowest BCUT2D eigenvalue weighted by Gasteiger charge is -2.11. The molecule has 2 aromatic rings. The monoisotopic (exact) mass is 320 g/mol. The molecule has 0 heterocycles. The summed E-state index contributed by atoms with van der Waals surface area (Å²) in [6.45, 7) is 3.29. The first-order chi connectivity index (χ1) is 10.2. The van der Waals surface area contributed by atoms with Crippen LogP contribution in [-0.2, 0) is 6.54 Å². The molecule has 3 nitrogen and oxygen atoms in total. The van der Waals surface area contributed by atoms with Gasteiger partial charge in [-0.15, -0.1) is 0 Å². The lowest BCUT2D eigenvalue weighted by molar-refractivity contribution is 0.340. The van der Waals surface area contributed by atoms with E-state index in [1.807, 2.05) is 55.5 Å². The van der Waals surface area contributed by atoms with E-state index < -0.39 is 0 Å². The van der Waals surface area contributed by atoms with Crippen LogP contribution in [0.3, 0.4) is 0 Å². The van der Waals surface area contributed by atoms with Gasteiger partial charge in [-0.25, -0.2) is 0 Å². The summed E-state index contributed by atoms with van der Waals surface area (Å²) in [4.78, 5) is 0. The Labute approximate surface area is 135 Å². The molecule has 0 saturated heterocycles. The highest BCUT2D eigenvalue weighted by Gasteiger charge is 1.99. The van der Waals surface area contributed by atoms with E-state index in [1.54, 1.807) is 0 Å². The lowest BCUT2D eigenvalue weighted by Crippen LogP contribution is -2.27. The van der Waals surface area contributed by atoms with Crippen molar-refractivity contribution >= 4 is 34.6 Å². The summed E-state index contributed by atoms with van der Waals surface area (Å²) in [5.74, 6) is 0.876. The lowest BCUT2D eigenvalue weighted by atomic mass is 10.2. The Kier molecular flexibility index (Phi) is 5.84. The van der Waals surface area contributed by atoms with Crippen LogP contribution in [0.25, 0.3) is 0 Å². The van der Waals surface area contributed by atoms with E-state index in [-0.39, 0.29) is 0 Å². The van der Waals surface area contributed by atoms with Crippen LogP contribution in [-0.4, -0.2) is 11.7 Å². The smallest absolute Gasteiger partial charge is 0.171 e. The number of ether oxygens (including phenoxy) is 1. The molecule has 0 bridgehead atoms. The second kappa shape index (κ2) is 7.86. The predicted octanol–water partition coefficient (Wildman–Crippen LogP) is 4.23. The van der Waals surface area contributed by atoms with Gasteiger partial charge in [0.15, 0.2) is 5.11 Å². The first-order valence-corrected chi connectivity index (χ1v) is 7.48. The number of anilines is 1. The quantitative estimate of drug-likeness (QED) is 0.808. The SMILES string of the molecule is CCOc1ccc(CNC(=S)Nc2cccc(Cl)c2)cc1. The van der Waals surface area contributed by atoms with Crippen molar-refractivity contribution in [1.82, 2.24) is 5.32 Å². The fraction of sp³-hybridized carbons (Fsp3) is 0.188. The van der Waals surface area contributed by atoms with Gasteiger partial charge in [0, 0.05) is 17.3 Å². The van der Waals surface area contributed by atoms with Crippen LogP contribution in [0.1, 0.15) is 12.5 Å². The maximum Gasteiger partial charge on any atom is 0.171 e. The molecule has 2 N–H and O–H groups in total. The number of rotatable bonds is 5. The summed E-state index contributed by atoms with van der Waals surface area (Å²) in [6.07, 6.45) is 0. The van der Waals surface area contributed by atoms with E-state index in [1.165, 1.54) is 0 Å². The highest BCUT2D eigenvalue weighted by Crippen LogP contribution is 2.15. The van der Waals surface area contributed by atoms with Gasteiger partial charge in [-0.1, -0.05) is 29.8 Å². The maximum absolute atomic E-state index is 5.93. The van der Waals surface area contributed by atoms with E-state index in [0.717, 1.165) is 17.0 Å². The van der Waals surface area contributed by atoms with Gasteiger partial charge >= 0.3 is 0 Å². The number of halogens is 1. The fourth-order valence-corrected chi connectivity index (χ4v) is 2.17. The van der Waals surface area contributed by atoms with Gasteiger partial charge in [0.05, 0.1) is 6.61 Å². The maximum atomic E-state index is 5.93. The molecule has 0 fully saturated rings. The van der Waals surface area contributed by atoms with E-state index in [2.05, 4.69) is 10.6 Å². The minimum atomic E-state index is 0.561. The molecule has 0 aliphatic rings. The molecule has 0 spiro atoms. The molecule has 0 aliphatic heterocycles. The van der Waals surface area contributed by atoms with Crippen molar-refractivity contribution in [3.63, 3.8) is 0 Å². The molecular formula is C16H17ClN2OS. The largest absolute Gasteiger partial charge is 0.494 e. The van der Waals surface area contributed by atoms with Crippen LogP contribution in [0.15, 0.2) is 48.5 Å². The molecule has 2 aromatic carbocycles. The molecule has 0 amide bonds. The Morgan fingerprint density at radius 3 is 2.62 bits per heavy atom. The topological polar surface area (TPSA) is 33.3 Å². The first kappa shape index (κ1) is 15.6. The van der Waals surface area contributed by atoms with Crippen molar-refractivity contribution < 1.29 is 4.74 Å². The number of thiocarbonyl (C=S) groups is 1. The zero-order valence-electron chi connectivity index (χ0n) is 11.7. The van der Waals surface area contributed by atoms with E-state index in [0.29, 0.717) is 23.3 Å². The van der Waals surface area contributed by atoms with Gasteiger partial charge in [-0.05, 0) is 55.0 Å². The van der Waals surface area contributed by atoms with E-state index in [9.17, 15) is 0 Å². The van der Waals surface area contributed by atoms with Crippen molar-refractivity contribution in [1.29, 1.82) is 0 Å². The van der Waals surface area contributed by atoms with Gasteiger partial charge in [0.2, 0.25) is 0 Å². The Bertz CT molecular complexity index is 601. The summed E-state index contributed by atoms with van der Waals surface area (Å²) in [6, 6.07) is 15.4.